The number of allylic oxidation sites excluding steroid dienone is 10. The third-order valence-corrected chi connectivity index (χ3v) is 11.2. The van der Waals surface area contributed by atoms with Crippen molar-refractivity contribution >= 4 is 28.4 Å². The van der Waals surface area contributed by atoms with Crippen molar-refractivity contribution in [2.75, 3.05) is 4.90 Å². The van der Waals surface area contributed by atoms with Crippen LogP contribution >= 0.6 is 0 Å². The van der Waals surface area contributed by atoms with Crippen molar-refractivity contribution in [2.45, 2.75) is 25.7 Å². The van der Waals surface area contributed by atoms with Gasteiger partial charge in [-0.3, -0.25) is 0 Å². The van der Waals surface area contributed by atoms with Gasteiger partial charge in [0.05, 0.1) is 5.41 Å². The molecule has 260 valence electrons. The Labute approximate surface area is 318 Å². The molecule has 1 aromatic heterocycles. The number of anilines is 2. The molecule has 3 aliphatic rings. The quantitative estimate of drug-likeness (QED) is 0.116. The lowest BCUT2D eigenvalue weighted by atomic mass is 9.66. The van der Waals surface area contributed by atoms with Gasteiger partial charge in [0, 0.05) is 28.0 Å². The molecule has 1 heterocycles. The zero-order valence-electron chi connectivity index (χ0n) is 30.7. The van der Waals surface area contributed by atoms with Gasteiger partial charge in [-0.1, -0.05) is 141 Å². The lowest BCUT2D eigenvalue weighted by molar-refractivity contribution is 0.584. The van der Waals surface area contributed by atoms with Gasteiger partial charge in [0.2, 0.25) is 0 Å². The average Bonchev–Trinajstić information content (AvgIpc) is 3.56. The van der Waals surface area contributed by atoms with E-state index in [2.05, 4.69) is 200 Å². The summed E-state index contributed by atoms with van der Waals surface area (Å²) in [6, 6.07) is 47.6. The van der Waals surface area contributed by atoms with Gasteiger partial charge in [-0.2, -0.15) is 0 Å². The van der Waals surface area contributed by atoms with Crippen LogP contribution in [0.4, 0.5) is 11.4 Å². The van der Waals surface area contributed by atoms with E-state index >= 15 is 0 Å². The predicted octanol–water partition coefficient (Wildman–Crippen LogP) is 13.4. The van der Waals surface area contributed by atoms with Crippen LogP contribution < -0.4 is 4.90 Å². The zero-order valence-corrected chi connectivity index (χ0v) is 30.7. The van der Waals surface area contributed by atoms with Gasteiger partial charge in [0.25, 0.3) is 0 Å². The summed E-state index contributed by atoms with van der Waals surface area (Å²) in [7, 11) is 0. The Kier molecular flexibility index (Phi) is 8.47. The molecule has 3 aliphatic carbocycles. The van der Waals surface area contributed by atoms with Crippen LogP contribution in [0.1, 0.15) is 36.3 Å². The molecule has 1 atom stereocenters. The second-order valence-electron chi connectivity index (χ2n) is 14.4. The Bertz CT molecular complexity index is 2580. The van der Waals surface area contributed by atoms with Crippen LogP contribution in [0.2, 0.25) is 0 Å². The maximum absolute atomic E-state index is 6.31. The summed E-state index contributed by atoms with van der Waals surface area (Å²) in [5.41, 5.74) is 17.8. The summed E-state index contributed by atoms with van der Waals surface area (Å²) in [5, 5.41) is 1.16. The van der Waals surface area contributed by atoms with E-state index in [0.717, 1.165) is 40.2 Å². The van der Waals surface area contributed by atoms with Crippen molar-refractivity contribution in [1.82, 2.24) is 0 Å². The number of nitrogens with zero attached hydrogens (tertiary/aromatic N) is 1. The van der Waals surface area contributed by atoms with Gasteiger partial charge in [0.15, 0.2) is 0 Å². The molecular weight excluding hydrogens is 655 g/mol. The van der Waals surface area contributed by atoms with Gasteiger partial charge in [0.1, 0.15) is 11.3 Å². The van der Waals surface area contributed by atoms with Crippen LogP contribution in [0.3, 0.4) is 0 Å². The summed E-state index contributed by atoms with van der Waals surface area (Å²) in [4.78, 5) is 2.26. The van der Waals surface area contributed by atoms with Gasteiger partial charge >= 0.3 is 0 Å². The Balaban J connectivity index is 1.18. The smallest absolute Gasteiger partial charge is 0.135 e. The van der Waals surface area contributed by atoms with E-state index in [1.165, 1.54) is 50.1 Å². The fourth-order valence-corrected chi connectivity index (χ4v) is 8.60. The SMILES string of the molecule is C=C(/C=C\C1=C(C)C(c2ccccc2)(c2ccccc2)C2=C1C=CC=C=C2)N(c1ccc(-c2ccccc2)cc1)c1ccc2oc3c(c2c1)CC(C)C=C3. The van der Waals surface area contributed by atoms with Crippen LogP contribution in [-0.2, 0) is 11.8 Å². The summed E-state index contributed by atoms with van der Waals surface area (Å²) in [5.74, 6) is 1.43. The third-order valence-electron chi connectivity index (χ3n) is 11.2. The molecule has 6 aromatic rings. The highest BCUT2D eigenvalue weighted by molar-refractivity contribution is 5.90. The standard InChI is InChI=1S/C52H41NO/c1-36-24-32-50-47(34-36)48-35-44(30-33-51(48)54-50)53(43-28-26-40(27-29-43)39-16-8-4-9-17-39)37(2)25-31-45-38(3)52(41-18-10-5-11-19-41,42-20-12-6-13-21-42)49-23-15-7-14-22-46(45)49/h4-14,16-33,35-36H,2,34H2,1,3H3/b31-25-. The molecular formula is C52H41NO. The largest absolute Gasteiger partial charge is 0.456 e. The Morgan fingerprint density at radius 2 is 1.44 bits per heavy atom. The molecule has 9 rings (SSSR count). The highest BCUT2D eigenvalue weighted by Crippen LogP contribution is 2.54. The molecule has 0 fully saturated rings. The number of furan rings is 1. The van der Waals surface area contributed by atoms with Gasteiger partial charge in [-0.25, -0.2) is 0 Å². The number of hydrogen-bond acceptors (Lipinski definition) is 2. The van der Waals surface area contributed by atoms with Crippen molar-refractivity contribution in [3.63, 3.8) is 0 Å². The molecule has 5 aromatic carbocycles. The summed E-state index contributed by atoms with van der Waals surface area (Å²) < 4.78 is 6.31. The summed E-state index contributed by atoms with van der Waals surface area (Å²) in [6.45, 7) is 9.28. The second-order valence-corrected chi connectivity index (χ2v) is 14.4. The van der Waals surface area contributed by atoms with Crippen LogP contribution in [0.25, 0.3) is 28.2 Å². The minimum atomic E-state index is -0.474. The van der Waals surface area contributed by atoms with Gasteiger partial charge in [-0.15, -0.1) is 5.73 Å². The lowest BCUT2D eigenvalue weighted by Gasteiger charge is -2.35. The maximum atomic E-state index is 6.31. The molecule has 54 heavy (non-hydrogen) atoms. The molecule has 0 aliphatic heterocycles. The first-order valence-electron chi connectivity index (χ1n) is 18.8. The molecule has 1 unspecified atom stereocenters. The molecule has 0 saturated heterocycles. The first-order valence-corrected chi connectivity index (χ1v) is 18.8. The third kappa shape index (κ3) is 5.60. The van der Waals surface area contributed by atoms with E-state index in [4.69, 9.17) is 11.0 Å². The molecule has 0 spiro atoms. The monoisotopic (exact) mass is 695 g/mol. The van der Waals surface area contributed by atoms with Crippen LogP contribution in [0.5, 0.6) is 0 Å². The topological polar surface area (TPSA) is 16.4 Å². The normalized spacial score (nSPS) is 17.0. The van der Waals surface area contributed by atoms with Gasteiger partial charge < -0.3 is 9.32 Å². The van der Waals surface area contributed by atoms with E-state index in [9.17, 15) is 0 Å². The van der Waals surface area contributed by atoms with Crippen LogP contribution in [0.15, 0.2) is 221 Å². The number of benzene rings is 5. The van der Waals surface area contributed by atoms with Crippen molar-refractivity contribution in [3.8, 4) is 11.1 Å². The summed E-state index contributed by atoms with van der Waals surface area (Å²) in [6.07, 6.45) is 18.3. The van der Waals surface area contributed by atoms with Crippen molar-refractivity contribution in [1.29, 1.82) is 0 Å². The molecule has 0 N–H and O–H groups in total. The molecule has 2 nitrogen and oxygen atoms in total. The predicted molar refractivity (Wildman–Crippen MR) is 226 cm³/mol. The van der Waals surface area contributed by atoms with Crippen molar-refractivity contribution < 1.29 is 4.42 Å². The molecule has 0 radical (unpaired) electrons. The Morgan fingerprint density at radius 1 is 0.796 bits per heavy atom. The first kappa shape index (κ1) is 33.3. The zero-order chi connectivity index (χ0) is 36.6. The highest BCUT2D eigenvalue weighted by atomic mass is 16.3. The van der Waals surface area contributed by atoms with E-state index in [1.807, 2.05) is 6.08 Å². The first-order chi connectivity index (χ1) is 26.5. The minimum Gasteiger partial charge on any atom is -0.456 e. The second kappa shape index (κ2) is 13.7. The molecule has 0 bridgehead atoms. The fraction of sp³-hybridized carbons (Fsp3) is 0.0962. The highest BCUT2D eigenvalue weighted by Gasteiger charge is 2.45. The van der Waals surface area contributed by atoms with Crippen LogP contribution in [0, 0.1) is 5.92 Å². The molecule has 2 heteroatoms. The maximum Gasteiger partial charge on any atom is 0.135 e. The van der Waals surface area contributed by atoms with E-state index in [1.54, 1.807) is 0 Å². The molecule has 0 saturated carbocycles. The van der Waals surface area contributed by atoms with Crippen molar-refractivity contribution in [3.05, 3.63) is 239 Å². The molecule has 0 amide bonds. The number of rotatable bonds is 8. The average molecular weight is 696 g/mol. The fourth-order valence-electron chi connectivity index (χ4n) is 8.60. The van der Waals surface area contributed by atoms with Crippen molar-refractivity contribution in [2.24, 2.45) is 5.92 Å². The van der Waals surface area contributed by atoms with Crippen LogP contribution in [-0.4, -0.2) is 0 Å². The number of hydrogen-bond donors (Lipinski definition) is 0. The van der Waals surface area contributed by atoms with E-state index < -0.39 is 5.41 Å². The van der Waals surface area contributed by atoms with E-state index in [-0.39, 0.29) is 0 Å². The number of fused-ring (bicyclic) bond motifs is 3. The van der Waals surface area contributed by atoms with E-state index in [0.29, 0.717) is 5.92 Å². The minimum absolute atomic E-state index is 0.464. The lowest BCUT2D eigenvalue weighted by Crippen LogP contribution is -2.29. The Morgan fingerprint density at radius 3 is 2.15 bits per heavy atom. The summed E-state index contributed by atoms with van der Waals surface area (Å²) >= 11 is 0. The van der Waals surface area contributed by atoms with Gasteiger partial charge in [-0.05, 0) is 118 Å². The Hall–Kier alpha value is -6.60.